The molecule has 0 unspecified atom stereocenters. The highest BCUT2D eigenvalue weighted by atomic mass is 16.4. The molecule has 0 aliphatic carbocycles. The number of carbonyl (C=O) groups is 4. The van der Waals surface area contributed by atoms with Crippen LogP contribution in [-0.4, -0.2) is 45.9 Å². The molecule has 0 bridgehead atoms. The summed E-state index contributed by atoms with van der Waals surface area (Å²) in [6.07, 6.45) is 1.25. The molecule has 3 amide bonds. The van der Waals surface area contributed by atoms with Crippen molar-refractivity contribution >= 4 is 40.2 Å². The number of aromatic nitrogens is 1. The van der Waals surface area contributed by atoms with Crippen LogP contribution in [0.4, 0.5) is 5.69 Å². The largest absolute Gasteiger partial charge is 0.481 e. The lowest BCUT2D eigenvalue weighted by Crippen LogP contribution is -2.53. The first-order valence-corrected chi connectivity index (χ1v) is 11.7. The molecule has 9 heteroatoms. The lowest BCUT2D eigenvalue weighted by molar-refractivity contribution is -0.140. The third-order valence-corrected chi connectivity index (χ3v) is 5.52. The normalized spacial score (nSPS) is 12.6. The molecule has 1 aromatic heterocycles. The number of fused-ring (bicyclic) bond motifs is 1. The number of rotatable bonds is 10. The third-order valence-electron chi connectivity index (χ3n) is 5.52. The second-order valence-corrected chi connectivity index (χ2v) is 9.09. The predicted octanol–water partition coefficient (Wildman–Crippen LogP) is 3.29. The number of hydrogen-bond donors (Lipinski definition) is 4. The van der Waals surface area contributed by atoms with Crippen molar-refractivity contribution in [2.75, 3.05) is 5.32 Å². The van der Waals surface area contributed by atoms with E-state index < -0.39 is 42.2 Å². The maximum Gasteiger partial charge on any atom is 0.305 e. The Hall–Kier alpha value is -4.27. The molecule has 2 atom stereocenters. The van der Waals surface area contributed by atoms with Gasteiger partial charge in [-0.15, -0.1) is 0 Å². The van der Waals surface area contributed by atoms with Crippen molar-refractivity contribution in [1.29, 1.82) is 0 Å². The van der Waals surface area contributed by atoms with Gasteiger partial charge in [-0.05, 0) is 42.8 Å². The lowest BCUT2D eigenvalue weighted by Gasteiger charge is -2.23. The van der Waals surface area contributed by atoms with Crippen LogP contribution in [0.1, 0.15) is 42.7 Å². The van der Waals surface area contributed by atoms with E-state index in [4.69, 9.17) is 0 Å². The van der Waals surface area contributed by atoms with Gasteiger partial charge in [-0.1, -0.05) is 55.8 Å². The Morgan fingerprint density at radius 1 is 0.889 bits per heavy atom. The van der Waals surface area contributed by atoms with Crippen molar-refractivity contribution in [3.05, 3.63) is 72.1 Å². The zero-order valence-electron chi connectivity index (χ0n) is 20.4. The van der Waals surface area contributed by atoms with Gasteiger partial charge >= 0.3 is 5.97 Å². The van der Waals surface area contributed by atoms with E-state index in [-0.39, 0.29) is 18.0 Å². The van der Waals surface area contributed by atoms with Gasteiger partial charge < -0.3 is 21.1 Å². The summed E-state index contributed by atoms with van der Waals surface area (Å²) in [5, 5.41) is 18.8. The molecular formula is C27H30N4O5. The first-order chi connectivity index (χ1) is 17.1. The fourth-order valence-corrected chi connectivity index (χ4v) is 3.67. The Bertz CT molecular complexity index is 1260. The van der Waals surface area contributed by atoms with Crippen LogP contribution in [0.3, 0.4) is 0 Å². The number of pyridine rings is 1. The fraction of sp³-hybridized carbons (Fsp3) is 0.296. The average Bonchev–Trinajstić information content (AvgIpc) is 2.83. The number of nitrogens with zero attached hydrogens (tertiary/aromatic N) is 1. The van der Waals surface area contributed by atoms with Crippen LogP contribution < -0.4 is 16.0 Å². The maximum atomic E-state index is 13.1. The Morgan fingerprint density at radius 2 is 1.56 bits per heavy atom. The first kappa shape index (κ1) is 26.3. The highest BCUT2D eigenvalue weighted by Crippen LogP contribution is 2.15. The number of carbonyl (C=O) groups excluding carboxylic acids is 3. The first-order valence-electron chi connectivity index (χ1n) is 11.7. The summed E-state index contributed by atoms with van der Waals surface area (Å²) in [4.78, 5) is 54.4. The van der Waals surface area contributed by atoms with Gasteiger partial charge in [0.1, 0.15) is 17.8 Å². The van der Waals surface area contributed by atoms with E-state index in [1.165, 1.54) is 0 Å². The zero-order chi connectivity index (χ0) is 26.2. The smallest absolute Gasteiger partial charge is 0.305 e. The Morgan fingerprint density at radius 3 is 2.19 bits per heavy atom. The van der Waals surface area contributed by atoms with Crippen LogP contribution in [0.25, 0.3) is 10.8 Å². The van der Waals surface area contributed by atoms with Crippen molar-refractivity contribution < 1.29 is 24.3 Å². The van der Waals surface area contributed by atoms with Crippen LogP contribution >= 0.6 is 0 Å². The Labute approximate surface area is 209 Å². The van der Waals surface area contributed by atoms with Gasteiger partial charge in [0.05, 0.1) is 6.42 Å². The second kappa shape index (κ2) is 11.9. The highest BCUT2D eigenvalue weighted by Gasteiger charge is 2.29. The van der Waals surface area contributed by atoms with E-state index in [1.807, 2.05) is 45.0 Å². The molecule has 0 aliphatic rings. The number of aryl methyl sites for hydroxylation is 1. The van der Waals surface area contributed by atoms with Gasteiger partial charge in [0.25, 0.3) is 5.91 Å². The van der Waals surface area contributed by atoms with Crippen molar-refractivity contribution in [1.82, 2.24) is 15.6 Å². The zero-order valence-corrected chi connectivity index (χ0v) is 20.4. The molecule has 2 aromatic carbocycles. The quantitative estimate of drug-likeness (QED) is 0.344. The number of benzene rings is 2. The van der Waals surface area contributed by atoms with Crippen molar-refractivity contribution in [3.8, 4) is 0 Å². The van der Waals surface area contributed by atoms with Crippen LogP contribution in [0.15, 0.2) is 60.8 Å². The summed E-state index contributed by atoms with van der Waals surface area (Å²) in [5.41, 5.74) is 1.62. The standard InChI is InChI=1S/C27H30N4O5/c1-16(2)12-22(30-25(34)21-13-18-6-4-5-7-19(18)15-28-21)27(36)31-23(14-24(32)33)26(35)29-20-10-8-17(3)9-11-20/h4-11,13,15-16,22-23H,12,14H2,1-3H3,(H,29,35)(H,30,34)(H,31,36)(H,32,33)/t22-,23-/m0/s1. The third kappa shape index (κ3) is 7.36. The van der Waals surface area contributed by atoms with Crippen molar-refractivity contribution in [2.24, 2.45) is 5.92 Å². The molecule has 1 heterocycles. The summed E-state index contributed by atoms with van der Waals surface area (Å²) in [7, 11) is 0. The molecule has 0 radical (unpaired) electrons. The molecule has 188 valence electrons. The Balaban J connectivity index is 1.75. The summed E-state index contributed by atoms with van der Waals surface area (Å²) >= 11 is 0. The van der Waals surface area contributed by atoms with E-state index in [2.05, 4.69) is 20.9 Å². The number of amides is 3. The van der Waals surface area contributed by atoms with Gasteiger partial charge in [-0.25, -0.2) is 0 Å². The van der Waals surface area contributed by atoms with Gasteiger partial charge in [0.2, 0.25) is 11.8 Å². The summed E-state index contributed by atoms with van der Waals surface area (Å²) in [6, 6.07) is 13.7. The molecular weight excluding hydrogens is 460 g/mol. The molecule has 0 aliphatic heterocycles. The fourth-order valence-electron chi connectivity index (χ4n) is 3.67. The minimum Gasteiger partial charge on any atom is -0.481 e. The monoisotopic (exact) mass is 490 g/mol. The van der Waals surface area contributed by atoms with E-state index in [0.717, 1.165) is 16.3 Å². The number of nitrogens with one attached hydrogen (secondary N) is 3. The van der Waals surface area contributed by atoms with Gasteiger partial charge in [-0.2, -0.15) is 0 Å². The highest BCUT2D eigenvalue weighted by molar-refractivity contribution is 6.01. The molecule has 0 saturated carbocycles. The van der Waals surface area contributed by atoms with Crippen molar-refractivity contribution in [3.63, 3.8) is 0 Å². The predicted molar refractivity (Wildman–Crippen MR) is 136 cm³/mol. The molecule has 0 saturated heterocycles. The number of hydrogen-bond acceptors (Lipinski definition) is 5. The van der Waals surface area contributed by atoms with E-state index in [1.54, 1.807) is 36.5 Å². The summed E-state index contributed by atoms with van der Waals surface area (Å²) in [6.45, 7) is 5.68. The molecule has 9 nitrogen and oxygen atoms in total. The van der Waals surface area contributed by atoms with E-state index >= 15 is 0 Å². The number of carboxylic acid groups (broad SMARTS) is 1. The molecule has 0 fully saturated rings. The van der Waals surface area contributed by atoms with Crippen LogP contribution in [0.2, 0.25) is 0 Å². The molecule has 3 rings (SSSR count). The molecule has 3 aromatic rings. The molecule has 0 spiro atoms. The minimum absolute atomic E-state index is 0.0323. The van der Waals surface area contributed by atoms with Crippen LogP contribution in [0, 0.1) is 12.8 Å². The number of carboxylic acids is 1. The average molecular weight is 491 g/mol. The SMILES string of the molecule is Cc1ccc(NC(=O)[C@H](CC(=O)O)NC(=O)[C@H](CC(C)C)NC(=O)c2cc3ccccc3cn2)cc1. The molecule has 36 heavy (non-hydrogen) atoms. The van der Waals surface area contributed by atoms with E-state index in [0.29, 0.717) is 5.69 Å². The number of anilines is 1. The van der Waals surface area contributed by atoms with Gasteiger partial charge in [-0.3, -0.25) is 24.2 Å². The lowest BCUT2D eigenvalue weighted by atomic mass is 10.0. The van der Waals surface area contributed by atoms with Gasteiger partial charge in [0.15, 0.2) is 0 Å². The summed E-state index contributed by atoms with van der Waals surface area (Å²) in [5.74, 6) is -3.07. The minimum atomic E-state index is -1.33. The van der Waals surface area contributed by atoms with E-state index in [9.17, 15) is 24.3 Å². The number of aliphatic carboxylic acids is 1. The van der Waals surface area contributed by atoms with Gasteiger partial charge in [0, 0.05) is 17.3 Å². The summed E-state index contributed by atoms with van der Waals surface area (Å²) < 4.78 is 0. The molecule has 4 N–H and O–H groups in total. The van der Waals surface area contributed by atoms with Crippen LogP contribution in [-0.2, 0) is 14.4 Å². The van der Waals surface area contributed by atoms with Crippen LogP contribution in [0.5, 0.6) is 0 Å². The Kier molecular flexibility index (Phi) is 8.72. The second-order valence-electron chi connectivity index (χ2n) is 9.09. The van der Waals surface area contributed by atoms with Crippen molar-refractivity contribution in [2.45, 2.75) is 45.7 Å². The maximum absolute atomic E-state index is 13.1. The topological polar surface area (TPSA) is 137 Å².